The first-order valence-electron chi connectivity index (χ1n) is 13.8. The summed E-state index contributed by atoms with van der Waals surface area (Å²) in [4.78, 5) is 9.95. The Morgan fingerprint density at radius 2 is 1.84 bits per heavy atom. The van der Waals surface area contributed by atoms with E-state index in [1.165, 1.54) is 17.7 Å². The maximum absolute atomic E-state index is 14.0. The molecule has 38 heavy (non-hydrogen) atoms. The van der Waals surface area contributed by atoms with Crippen LogP contribution in [-0.4, -0.2) is 28.0 Å². The van der Waals surface area contributed by atoms with E-state index < -0.39 is 5.79 Å². The summed E-state index contributed by atoms with van der Waals surface area (Å²) < 4.78 is 26.4. The molecule has 1 aliphatic heterocycles. The molecule has 0 saturated carbocycles. The van der Waals surface area contributed by atoms with Crippen molar-refractivity contribution in [1.82, 2.24) is 9.97 Å². The number of fused-ring (bicyclic) bond motifs is 3. The van der Waals surface area contributed by atoms with Gasteiger partial charge in [0, 0.05) is 17.5 Å². The zero-order valence-electron chi connectivity index (χ0n) is 23.1. The normalized spacial score (nSPS) is 20.8. The number of nitrogens with zero attached hydrogens (tertiary/aromatic N) is 2. The predicted octanol–water partition coefficient (Wildman–Crippen LogP) is 7.48. The number of halogens is 1. The summed E-state index contributed by atoms with van der Waals surface area (Å²) in [6, 6.07) is 10.7. The molecular formula is C32H38FN3O2. The van der Waals surface area contributed by atoms with Crippen LogP contribution >= 0.6 is 0 Å². The number of rotatable bonds is 5. The van der Waals surface area contributed by atoms with E-state index in [1.54, 1.807) is 0 Å². The van der Waals surface area contributed by atoms with Gasteiger partial charge in [0.25, 0.3) is 0 Å². The number of benzene rings is 1. The first kappa shape index (κ1) is 26.5. The minimum Gasteiger partial charge on any atom is -0.384 e. The Hall–Kier alpha value is -3.09. The fourth-order valence-corrected chi connectivity index (χ4v) is 5.76. The van der Waals surface area contributed by atoms with Crippen molar-refractivity contribution in [2.75, 3.05) is 5.73 Å². The molecule has 5 rings (SSSR count). The molecule has 6 heteroatoms. The van der Waals surface area contributed by atoms with E-state index >= 15 is 0 Å². The van der Waals surface area contributed by atoms with E-state index in [2.05, 4.69) is 37.9 Å². The van der Waals surface area contributed by atoms with E-state index in [9.17, 15) is 4.39 Å². The summed E-state index contributed by atoms with van der Waals surface area (Å²) in [5, 5.41) is 0. The quantitative estimate of drug-likeness (QED) is 0.381. The van der Waals surface area contributed by atoms with Gasteiger partial charge in [0.15, 0.2) is 5.79 Å². The number of pyridine rings is 2. The Morgan fingerprint density at radius 1 is 1.08 bits per heavy atom. The van der Waals surface area contributed by atoms with Crippen LogP contribution < -0.4 is 5.73 Å². The van der Waals surface area contributed by atoms with Crippen LogP contribution in [0.4, 0.5) is 10.2 Å². The molecule has 2 aromatic heterocycles. The Labute approximate surface area is 225 Å². The highest BCUT2D eigenvalue weighted by atomic mass is 19.1. The number of aryl methyl sites for hydroxylation is 1. The van der Waals surface area contributed by atoms with Crippen molar-refractivity contribution in [2.24, 2.45) is 0 Å². The zero-order valence-corrected chi connectivity index (χ0v) is 23.1. The second-order valence-corrected chi connectivity index (χ2v) is 11.2. The molecule has 0 spiro atoms. The van der Waals surface area contributed by atoms with Gasteiger partial charge < -0.3 is 15.2 Å². The standard InChI is InChI=1S/C32H38FN3O2/c1-6-22-18-23(38-32(4,5)37-22)14-15-26-29(20-10-12-21(33)13-11-20)25-8-7-9-27-24(16-17-28(34)35-27)31(25)36-30(26)19(2)3/h10-17,19,22-23H,6-9,18H2,1-5H3,(H2,34,35)/b15-14+/t22-,23+/m0/s1. The number of hydrogen-bond acceptors (Lipinski definition) is 5. The van der Waals surface area contributed by atoms with Crippen molar-refractivity contribution in [3.8, 4) is 22.4 Å². The van der Waals surface area contributed by atoms with Crippen LogP contribution in [0.3, 0.4) is 0 Å². The van der Waals surface area contributed by atoms with Crippen LogP contribution in [-0.2, 0) is 22.3 Å². The topological polar surface area (TPSA) is 70.3 Å². The summed E-state index contributed by atoms with van der Waals surface area (Å²) in [5.74, 6) is -0.190. The van der Waals surface area contributed by atoms with Gasteiger partial charge in [-0.25, -0.2) is 9.37 Å². The van der Waals surface area contributed by atoms with Crippen LogP contribution in [0.15, 0.2) is 42.5 Å². The highest BCUT2D eigenvalue weighted by Crippen LogP contribution is 2.42. The van der Waals surface area contributed by atoms with Gasteiger partial charge in [0.1, 0.15) is 11.6 Å². The van der Waals surface area contributed by atoms with Crippen LogP contribution in [0, 0.1) is 5.82 Å². The minimum atomic E-state index is -0.640. The maximum atomic E-state index is 14.0. The van der Waals surface area contributed by atoms with Gasteiger partial charge in [0.2, 0.25) is 0 Å². The van der Waals surface area contributed by atoms with E-state index in [0.717, 1.165) is 71.4 Å². The molecule has 2 aliphatic rings. The van der Waals surface area contributed by atoms with Crippen molar-refractivity contribution >= 4 is 11.9 Å². The molecule has 1 aromatic carbocycles. The SMILES string of the molecule is CC[C@H]1C[C@@H](/C=C/c2c(C(C)C)nc3c(c2-c2ccc(F)cc2)CCCc2nc(N)ccc2-3)OC(C)(C)O1. The lowest BCUT2D eigenvalue weighted by Gasteiger charge is -2.39. The first-order chi connectivity index (χ1) is 18.1. The molecule has 1 saturated heterocycles. The van der Waals surface area contributed by atoms with Gasteiger partial charge >= 0.3 is 0 Å². The molecule has 3 heterocycles. The molecule has 5 nitrogen and oxygen atoms in total. The molecule has 0 radical (unpaired) electrons. The largest absolute Gasteiger partial charge is 0.384 e. The Balaban J connectivity index is 1.72. The molecule has 3 aromatic rings. The van der Waals surface area contributed by atoms with Crippen LogP contribution in [0.2, 0.25) is 0 Å². The summed E-state index contributed by atoms with van der Waals surface area (Å²) >= 11 is 0. The average Bonchev–Trinajstić information content (AvgIpc) is 3.04. The highest BCUT2D eigenvalue weighted by molar-refractivity contribution is 5.85. The predicted molar refractivity (Wildman–Crippen MR) is 151 cm³/mol. The molecule has 2 N–H and O–H groups in total. The van der Waals surface area contributed by atoms with Crippen molar-refractivity contribution in [3.05, 3.63) is 70.8 Å². The first-order valence-corrected chi connectivity index (χ1v) is 13.8. The fraction of sp³-hybridized carbons (Fsp3) is 0.438. The van der Waals surface area contributed by atoms with Gasteiger partial charge in [-0.1, -0.05) is 45.1 Å². The fourth-order valence-electron chi connectivity index (χ4n) is 5.76. The van der Waals surface area contributed by atoms with Crippen molar-refractivity contribution in [1.29, 1.82) is 0 Å². The number of anilines is 1. The molecule has 2 atom stereocenters. The third-order valence-electron chi connectivity index (χ3n) is 7.45. The molecule has 0 bridgehead atoms. The van der Waals surface area contributed by atoms with Crippen molar-refractivity contribution in [3.63, 3.8) is 0 Å². The van der Waals surface area contributed by atoms with E-state index in [0.29, 0.717) is 5.82 Å². The number of nitrogens with two attached hydrogens (primary N) is 1. The lowest BCUT2D eigenvalue weighted by atomic mass is 9.86. The van der Waals surface area contributed by atoms with Gasteiger partial charge in [-0.05, 0) is 86.4 Å². The Morgan fingerprint density at radius 3 is 2.55 bits per heavy atom. The summed E-state index contributed by atoms with van der Waals surface area (Å²) in [6.45, 7) is 10.4. The summed E-state index contributed by atoms with van der Waals surface area (Å²) in [7, 11) is 0. The third-order valence-corrected chi connectivity index (χ3v) is 7.45. The van der Waals surface area contributed by atoms with Crippen LogP contribution in [0.25, 0.3) is 28.5 Å². The molecule has 1 fully saturated rings. The van der Waals surface area contributed by atoms with Gasteiger partial charge in [0.05, 0.1) is 29.3 Å². The second-order valence-electron chi connectivity index (χ2n) is 11.2. The van der Waals surface area contributed by atoms with E-state index in [-0.39, 0.29) is 23.9 Å². The Kier molecular flexibility index (Phi) is 7.38. The van der Waals surface area contributed by atoms with Crippen molar-refractivity contribution < 1.29 is 13.9 Å². The molecule has 0 unspecified atom stereocenters. The lowest BCUT2D eigenvalue weighted by Crippen LogP contribution is -2.43. The average molecular weight is 516 g/mol. The van der Waals surface area contributed by atoms with E-state index in [1.807, 2.05) is 38.1 Å². The number of hydrogen-bond donors (Lipinski definition) is 1. The maximum Gasteiger partial charge on any atom is 0.163 e. The summed E-state index contributed by atoms with van der Waals surface area (Å²) in [5.41, 5.74) is 14.4. The van der Waals surface area contributed by atoms with Gasteiger partial charge in [-0.2, -0.15) is 0 Å². The smallest absolute Gasteiger partial charge is 0.163 e. The van der Waals surface area contributed by atoms with Crippen molar-refractivity contribution in [2.45, 2.75) is 90.6 Å². The van der Waals surface area contributed by atoms with Gasteiger partial charge in [-0.15, -0.1) is 0 Å². The van der Waals surface area contributed by atoms with Crippen LogP contribution in [0.5, 0.6) is 0 Å². The summed E-state index contributed by atoms with van der Waals surface area (Å²) in [6.07, 6.45) is 8.77. The van der Waals surface area contributed by atoms with Crippen LogP contribution in [0.1, 0.15) is 82.3 Å². The van der Waals surface area contributed by atoms with E-state index in [4.69, 9.17) is 20.2 Å². The number of aromatic nitrogens is 2. The highest BCUT2D eigenvalue weighted by Gasteiger charge is 2.34. The second kappa shape index (κ2) is 10.6. The molecule has 200 valence electrons. The lowest BCUT2D eigenvalue weighted by molar-refractivity contribution is -0.290. The molecule has 0 amide bonds. The molecular weight excluding hydrogens is 477 g/mol. The third kappa shape index (κ3) is 5.38. The molecule has 1 aliphatic carbocycles. The monoisotopic (exact) mass is 515 g/mol. The minimum absolute atomic E-state index is 0.0727. The number of nitrogen functional groups attached to an aromatic ring is 1. The Bertz CT molecular complexity index is 1350. The number of ether oxygens (including phenoxy) is 2. The van der Waals surface area contributed by atoms with Gasteiger partial charge in [-0.3, -0.25) is 4.98 Å². The zero-order chi connectivity index (χ0) is 27.0.